The highest BCUT2D eigenvalue weighted by molar-refractivity contribution is 6.30. The van der Waals surface area contributed by atoms with Crippen LogP contribution in [0.25, 0.3) is 0 Å². The number of hydrogen-bond donors (Lipinski definition) is 2. The number of rotatable bonds is 4. The van der Waals surface area contributed by atoms with Gasteiger partial charge in [0.15, 0.2) is 0 Å². The van der Waals surface area contributed by atoms with E-state index < -0.39 is 5.97 Å². The molecule has 11 heteroatoms. The Balaban J connectivity index is 0.000000428. The second-order valence-corrected chi connectivity index (χ2v) is 5.21. The molecule has 148 valence electrons. The predicted molar refractivity (Wildman–Crippen MR) is 101 cm³/mol. The minimum Gasteiger partial charge on any atom is -0.478 e. The highest BCUT2D eigenvalue weighted by Gasteiger charge is 2.11. The number of hydroxylamine groups is 3. The summed E-state index contributed by atoms with van der Waals surface area (Å²) in [6.45, 7) is 0. The Labute approximate surface area is 166 Å². The molecule has 0 radical (unpaired) electrons. The topological polar surface area (TPSA) is 114 Å². The zero-order valence-corrected chi connectivity index (χ0v) is 16.7. The molecule has 1 amide bonds. The average Bonchev–Trinajstić information content (AvgIpc) is 2.67. The van der Waals surface area contributed by atoms with Gasteiger partial charge in [-0.15, -0.1) is 0 Å². The Morgan fingerprint density at radius 2 is 1.52 bits per heavy atom. The summed E-state index contributed by atoms with van der Waals surface area (Å²) < 4.78 is 0. The number of halogens is 2. The quantitative estimate of drug-likeness (QED) is 0.574. The first-order valence-electron chi connectivity index (χ1n) is 7.25. The van der Waals surface area contributed by atoms with E-state index in [2.05, 4.69) is 20.3 Å². The highest BCUT2D eigenvalue weighted by atomic mass is 35.5. The number of aromatic carboxylic acids is 1. The molecule has 0 atom stereocenters. The lowest BCUT2D eigenvalue weighted by Crippen LogP contribution is -2.25. The highest BCUT2D eigenvalue weighted by Crippen LogP contribution is 2.09. The van der Waals surface area contributed by atoms with E-state index in [1.807, 2.05) is 0 Å². The van der Waals surface area contributed by atoms with Crippen LogP contribution >= 0.6 is 23.2 Å². The van der Waals surface area contributed by atoms with Crippen LogP contribution in [-0.2, 0) is 9.68 Å². The first kappa shape index (κ1) is 24.7. The number of carboxylic acids is 1. The first-order chi connectivity index (χ1) is 12.8. The van der Waals surface area contributed by atoms with Crippen LogP contribution in [-0.4, -0.2) is 60.3 Å². The molecule has 2 heterocycles. The van der Waals surface area contributed by atoms with Crippen molar-refractivity contribution >= 4 is 35.1 Å². The molecule has 0 fully saturated rings. The van der Waals surface area contributed by atoms with Gasteiger partial charge in [-0.3, -0.25) is 9.63 Å². The Morgan fingerprint density at radius 1 is 1.07 bits per heavy atom. The number of carbonyl (C=O) groups excluding carboxylic acids is 1. The smallest absolute Gasteiger partial charge is 0.335 e. The fourth-order valence-corrected chi connectivity index (χ4v) is 1.68. The molecule has 2 N–H and O–H groups in total. The van der Waals surface area contributed by atoms with E-state index in [1.165, 1.54) is 44.8 Å². The summed E-state index contributed by atoms with van der Waals surface area (Å²) in [5.41, 5.74) is 3.03. The van der Waals surface area contributed by atoms with Crippen LogP contribution in [0.5, 0.6) is 0 Å². The zero-order chi connectivity index (χ0) is 20.8. The molecule has 0 saturated carbocycles. The van der Waals surface area contributed by atoms with Crippen molar-refractivity contribution in [2.45, 2.75) is 0 Å². The molecular weight excluding hydrogens is 399 g/mol. The van der Waals surface area contributed by atoms with Crippen molar-refractivity contribution in [3.8, 4) is 0 Å². The van der Waals surface area contributed by atoms with Gasteiger partial charge in [0, 0.05) is 32.1 Å². The van der Waals surface area contributed by atoms with Crippen LogP contribution in [0.15, 0.2) is 36.7 Å². The summed E-state index contributed by atoms with van der Waals surface area (Å²) in [6, 6.07) is 5.74. The maximum atomic E-state index is 11.4. The van der Waals surface area contributed by atoms with Crippen LogP contribution in [0.1, 0.15) is 20.7 Å². The van der Waals surface area contributed by atoms with Crippen LogP contribution in [0.3, 0.4) is 0 Å². The van der Waals surface area contributed by atoms with Gasteiger partial charge in [0.2, 0.25) is 0 Å². The maximum Gasteiger partial charge on any atom is 0.335 e. The van der Waals surface area contributed by atoms with Crippen molar-refractivity contribution in [1.82, 2.24) is 20.5 Å². The van der Waals surface area contributed by atoms with Gasteiger partial charge < -0.3 is 9.94 Å². The van der Waals surface area contributed by atoms with Gasteiger partial charge in [0.1, 0.15) is 10.3 Å². The largest absolute Gasteiger partial charge is 0.478 e. The third-order valence-electron chi connectivity index (χ3n) is 2.71. The molecular formula is C16H20Cl2N4O5. The number of nitrogens with one attached hydrogen (secondary N) is 1. The van der Waals surface area contributed by atoms with Crippen molar-refractivity contribution < 1.29 is 24.4 Å². The van der Waals surface area contributed by atoms with Gasteiger partial charge in [-0.2, -0.15) is 0 Å². The molecule has 27 heavy (non-hydrogen) atoms. The Bertz CT molecular complexity index is 731. The van der Waals surface area contributed by atoms with E-state index >= 15 is 0 Å². The summed E-state index contributed by atoms with van der Waals surface area (Å²) in [7, 11) is 6.22. The van der Waals surface area contributed by atoms with Crippen molar-refractivity contribution in [3.05, 3.63) is 58.1 Å². The minimum atomic E-state index is -0.996. The third-order valence-corrected chi connectivity index (χ3v) is 3.12. The van der Waals surface area contributed by atoms with Gasteiger partial charge in [-0.1, -0.05) is 23.2 Å². The number of hydrogen-bond acceptors (Lipinski definition) is 7. The molecule has 2 aromatic heterocycles. The lowest BCUT2D eigenvalue weighted by molar-refractivity contribution is -0.0757. The maximum absolute atomic E-state index is 11.4. The Morgan fingerprint density at radius 3 is 1.85 bits per heavy atom. The summed E-state index contributed by atoms with van der Waals surface area (Å²) in [5, 5.41) is 10.0. The SMILES string of the molecule is CNOC.CON(C)C(=O)c1ccnc(Cl)c1.O=C(O)c1ccnc(Cl)c1. The summed E-state index contributed by atoms with van der Waals surface area (Å²) in [6.07, 6.45) is 2.82. The molecule has 9 nitrogen and oxygen atoms in total. The molecule has 0 saturated heterocycles. The van der Waals surface area contributed by atoms with Crippen LogP contribution in [0.2, 0.25) is 10.3 Å². The predicted octanol–water partition coefficient (Wildman–Crippen LogP) is 2.57. The van der Waals surface area contributed by atoms with Crippen LogP contribution < -0.4 is 5.48 Å². The van der Waals surface area contributed by atoms with Gasteiger partial charge in [0.25, 0.3) is 5.91 Å². The molecule has 0 aliphatic rings. The standard InChI is InChI=1S/C8H9ClN2O2.C6H4ClNO2.C2H7NO/c1-11(13-2)8(12)6-3-4-10-7(9)5-6;7-5-3-4(6(9)10)1-2-8-5;1-3-4-2/h3-5H,1-2H3;1-3H,(H,9,10);3H,1-2H3. The molecule has 0 aliphatic heterocycles. The van der Waals surface area contributed by atoms with Gasteiger partial charge >= 0.3 is 5.97 Å². The van der Waals surface area contributed by atoms with Crippen LogP contribution in [0, 0.1) is 0 Å². The molecule has 2 rings (SSSR count). The Kier molecular flexibility index (Phi) is 12.7. The van der Waals surface area contributed by atoms with E-state index in [9.17, 15) is 9.59 Å². The van der Waals surface area contributed by atoms with Gasteiger partial charge in [0.05, 0.1) is 19.8 Å². The van der Waals surface area contributed by atoms with Gasteiger partial charge in [-0.05, 0) is 24.3 Å². The summed E-state index contributed by atoms with van der Waals surface area (Å²) in [4.78, 5) is 38.1. The zero-order valence-electron chi connectivity index (χ0n) is 15.1. The summed E-state index contributed by atoms with van der Waals surface area (Å²) in [5.74, 6) is -1.25. The van der Waals surface area contributed by atoms with E-state index in [0.717, 1.165) is 5.06 Å². The van der Waals surface area contributed by atoms with E-state index in [4.69, 9.17) is 33.1 Å². The van der Waals surface area contributed by atoms with Crippen molar-refractivity contribution in [3.63, 3.8) is 0 Å². The second kappa shape index (κ2) is 13.8. The number of carbonyl (C=O) groups is 2. The van der Waals surface area contributed by atoms with Crippen molar-refractivity contribution in [2.24, 2.45) is 0 Å². The van der Waals surface area contributed by atoms with E-state index in [1.54, 1.807) is 20.2 Å². The second-order valence-electron chi connectivity index (χ2n) is 4.43. The van der Waals surface area contributed by atoms with Crippen LogP contribution in [0.4, 0.5) is 0 Å². The number of nitrogens with zero attached hydrogens (tertiary/aromatic N) is 3. The lowest BCUT2D eigenvalue weighted by atomic mass is 10.2. The molecule has 0 bridgehead atoms. The number of amides is 1. The lowest BCUT2D eigenvalue weighted by Gasteiger charge is -2.12. The van der Waals surface area contributed by atoms with Gasteiger partial charge in [-0.25, -0.2) is 25.3 Å². The number of carboxylic acid groups (broad SMARTS) is 1. The average molecular weight is 419 g/mol. The molecule has 0 unspecified atom stereocenters. The fraction of sp³-hybridized carbons (Fsp3) is 0.250. The molecule has 0 aliphatic carbocycles. The fourth-order valence-electron chi connectivity index (χ4n) is 1.34. The molecule has 0 spiro atoms. The van der Waals surface area contributed by atoms with Crippen molar-refractivity contribution in [1.29, 1.82) is 0 Å². The third kappa shape index (κ3) is 10.4. The normalized spacial score (nSPS) is 9.26. The van der Waals surface area contributed by atoms with E-state index in [0.29, 0.717) is 5.56 Å². The minimum absolute atomic E-state index is 0.153. The summed E-state index contributed by atoms with van der Waals surface area (Å²) >= 11 is 11.0. The first-order valence-corrected chi connectivity index (χ1v) is 8.00. The number of pyridine rings is 2. The molecule has 2 aromatic rings. The number of aromatic nitrogens is 2. The van der Waals surface area contributed by atoms with Crippen molar-refractivity contribution in [2.75, 3.05) is 28.3 Å². The monoisotopic (exact) mass is 418 g/mol. The Hall–Kier alpha value is -2.30. The van der Waals surface area contributed by atoms with E-state index in [-0.39, 0.29) is 21.8 Å². The molecule has 0 aromatic carbocycles.